The average molecular weight is 232 g/mol. The summed E-state index contributed by atoms with van der Waals surface area (Å²) in [5.74, 6) is 0. The van der Waals surface area contributed by atoms with Crippen molar-refractivity contribution < 1.29 is 9.47 Å². The molecule has 0 aromatic rings. The average Bonchev–Trinajstić information content (AvgIpc) is 2.23. The van der Waals surface area contributed by atoms with Gasteiger partial charge in [0.2, 0.25) is 0 Å². The maximum atomic E-state index is 5.92. The highest BCUT2D eigenvalue weighted by molar-refractivity contribution is 4.73. The molecule has 0 rings (SSSR count). The van der Waals surface area contributed by atoms with Gasteiger partial charge in [0.1, 0.15) is 0 Å². The molecule has 0 saturated carbocycles. The van der Waals surface area contributed by atoms with Crippen molar-refractivity contribution in [2.75, 3.05) is 40.5 Å². The van der Waals surface area contributed by atoms with E-state index in [9.17, 15) is 0 Å². The first-order valence-corrected chi connectivity index (χ1v) is 5.96. The van der Waals surface area contributed by atoms with Gasteiger partial charge in [-0.15, -0.1) is 0 Å². The van der Waals surface area contributed by atoms with Crippen molar-refractivity contribution in [2.24, 2.45) is 11.1 Å². The SMILES string of the molecule is COCCC(N)CNCC(C)(C)CCOC. The Balaban J connectivity index is 3.54. The molecule has 0 heterocycles. The molecule has 0 amide bonds. The second kappa shape index (κ2) is 8.93. The maximum absolute atomic E-state index is 5.92. The highest BCUT2D eigenvalue weighted by Crippen LogP contribution is 2.18. The van der Waals surface area contributed by atoms with Gasteiger partial charge in [0, 0.05) is 46.6 Å². The molecule has 0 aromatic heterocycles. The van der Waals surface area contributed by atoms with E-state index in [1.807, 2.05) is 0 Å². The predicted octanol–water partition coefficient (Wildman–Crippen LogP) is 1.00. The van der Waals surface area contributed by atoms with Crippen molar-refractivity contribution in [1.82, 2.24) is 5.32 Å². The maximum Gasteiger partial charge on any atom is 0.0477 e. The van der Waals surface area contributed by atoms with Crippen molar-refractivity contribution >= 4 is 0 Å². The molecule has 0 saturated heterocycles. The monoisotopic (exact) mass is 232 g/mol. The minimum absolute atomic E-state index is 0.179. The van der Waals surface area contributed by atoms with Crippen LogP contribution in [0.5, 0.6) is 0 Å². The smallest absolute Gasteiger partial charge is 0.0477 e. The fraction of sp³-hybridized carbons (Fsp3) is 1.00. The lowest BCUT2D eigenvalue weighted by molar-refractivity contribution is 0.150. The normalized spacial score (nSPS) is 14.1. The number of nitrogens with one attached hydrogen (secondary N) is 1. The van der Waals surface area contributed by atoms with Crippen molar-refractivity contribution in [3.63, 3.8) is 0 Å². The van der Waals surface area contributed by atoms with Crippen molar-refractivity contribution in [2.45, 2.75) is 32.7 Å². The molecular formula is C12H28N2O2. The molecule has 0 radical (unpaired) electrons. The van der Waals surface area contributed by atoms with Crippen LogP contribution in [-0.4, -0.2) is 46.6 Å². The Morgan fingerprint density at radius 1 is 1.19 bits per heavy atom. The Morgan fingerprint density at radius 3 is 2.38 bits per heavy atom. The summed E-state index contributed by atoms with van der Waals surface area (Å²) in [5.41, 5.74) is 6.18. The second-order valence-electron chi connectivity index (χ2n) is 5.08. The lowest BCUT2D eigenvalue weighted by Gasteiger charge is -2.25. The number of hydrogen-bond acceptors (Lipinski definition) is 4. The zero-order chi connectivity index (χ0) is 12.4. The van der Waals surface area contributed by atoms with E-state index >= 15 is 0 Å². The molecule has 4 nitrogen and oxygen atoms in total. The van der Waals surface area contributed by atoms with Crippen LogP contribution in [0.1, 0.15) is 26.7 Å². The molecule has 16 heavy (non-hydrogen) atoms. The van der Waals surface area contributed by atoms with Gasteiger partial charge >= 0.3 is 0 Å². The van der Waals surface area contributed by atoms with Crippen LogP contribution in [0.3, 0.4) is 0 Å². The van der Waals surface area contributed by atoms with Gasteiger partial charge in [0.05, 0.1) is 0 Å². The molecule has 0 aliphatic rings. The van der Waals surface area contributed by atoms with Crippen molar-refractivity contribution in [1.29, 1.82) is 0 Å². The fourth-order valence-corrected chi connectivity index (χ4v) is 1.43. The highest BCUT2D eigenvalue weighted by atomic mass is 16.5. The van der Waals surface area contributed by atoms with Crippen molar-refractivity contribution in [3.05, 3.63) is 0 Å². The minimum atomic E-state index is 0.179. The van der Waals surface area contributed by atoms with Crippen LogP contribution in [0.2, 0.25) is 0 Å². The third-order valence-electron chi connectivity index (χ3n) is 2.69. The van der Waals surface area contributed by atoms with Crippen molar-refractivity contribution in [3.8, 4) is 0 Å². The number of rotatable bonds is 10. The van der Waals surface area contributed by atoms with Gasteiger partial charge in [-0.1, -0.05) is 13.8 Å². The summed E-state index contributed by atoms with van der Waals surface area (Å²) < 4.78 is 10.1. The van der Waals surface area contributed by atoms with E-state index in [-0.39, 0.29) is 11.5 Å². The topological polar surface area (TPSA) is 56.5 Å². The molecule has 0 bridgehead atoms. The molecule has 0 aliphatic carbocycles. The molecule has 1 unspecified atom stereocenters. The molecule has 0 aliphatic heterocycles. The van der Waals surface area contributed by atoms with E-state index < -0.39 is 0 Å². The number of nitrogens with two attached hydrogens (primary N) is 1. The quantitative estimate of drug-likeness (QED) is 0.590. The summed E-state index contributed by atoms with van der Waals surface area (Å²) in [4.78, 5) is 0. The summed E-state index contributed by atoms with van der Waals surface area (Å²) in [5, 5.41) is 3.41. The van der Waals surface area contributed by atoms with Crippen LogP contribution in [0.25, 0.3) is 0 Å². The summed E-state index contributed by atoms with van der Waals surface area (Å²) in [6.45, 7) is 7.83. The fourth-order valence-electron chi connectivity index (χ4n) is 1.43. The number of hydrogen-bond donors (Lipinski definition) is 2. The first-order valence-electron chi connectivity index (χ1n) is 5.96. The van der Waals surface area contributed by atoms with E-state index in [4.69, 9.17) is 15.2 Å². The molecule has 0 spiro atoms. The van der Waals surface area contributed by atoms with Gasteiger partial charge in [0.15, 0.2) is 0 Å². The standard InChI is InChI=1S/C12H28N2O2/c1-12(2,6-8-16-4)10-14-9-11(13)5-7-15-3/h11,14H,5-10,13H2,1-4H3. The van der Waals surface area contributed by atoms with Gasteiger partial charge in [-0.25, -0.2) is 0 Å². The third-order valence-corrected chi connectivity index (χ3v) is 2.69. The Labute approximate surface area is 99.9 Å². The van der Waals surface area contributed by atoms with Gasteiger partial charge in [-0.3, -0.25) is 0 Å². The number of methoxy groups -OCH3 is 2. The summed E-state index contributed by atoms with van der Waals surface area (Å²) >= 11 is 0. The van der Waals surface area contributed by atoms with Gasteiger partial charge in [-0.05, 0) is 18.3 Å². The molecule has 0 fully saturated rings. The van der Waals surface area contributed by atoms with Crippen LogP contribution in [-0.2, 0) is 9.47 Å². The predicted molar refractivity (Wildman–Crippen MR) is 67.6 cm³/mol. The van der Waals surface area contributed by atoms with E-state index in [2.05, 4.69) is 19.2 Å². The van der Waals surface area contributed by atoms with Crippen LogP contribution in [0.4, 0.5) is 0 Å². The zero-order valence-corrected chi connectivity index (χ0v) is 11.2. The third kappa shape index (κ3) is 9.09. The van der Waals surface area contributed by atoms with Gasteiger partial charge in [-0.2, -0.15) is 0 Å². The van der Waals surface area contributed by atoms with Crippen LogP contribution in [0.15, 0.2) is 0 Å². The molecule has 1 atom stereocenters. The van der Waals surface area contributed by atoms with E-state index in [0.29, 0.717) is 0 Å². The van der Waals surface area contributed by atoms with E-state index in [1.54, 1.807) is 14.2 Å². The lowest BCUT2D eigenvalue weighted by atomic mass is 9.89. The molecule has 4 heteroatoms. The first kappa shape index (κ1) is 15.8. The molecule has 0 aromatic carbocycles. The van der Waals surface area contributed by atoms with Crippen LogP contribution in [0, 0.1) is 5.41 Å². The van der Waals surface area contributed by atoms with E-state index in [0.717, 1.165) is 39.1 Å². The largest absolute Gasteiger partial charge is 0.385 e. The lowest BCUT2D eigenvalue weighted by Crippen LogP contribution is -2.39. The Morgan fingerprint density at radius 2 is 1.81 bits per heavy atom. The summed E-state index contributed by atoms with van der Waals surface area (Å²) in [6, 6.07) is 0.179. The van der Waals surface area contributed by atoms with Crippen LogP contribution >= 0.6 is 0 Å². The molecule has 98 valence electrons. The second-order valence-corrected chi connectivity index (χ2v) is 5.08. The Kier molecular flexibility index (Phi) is 8.84. The zero-order valence-electron chi connectivity index (χ0n) is 11.2. The highest BCUT2D eigenvalue weighted by Gasteiger charge is 2.17. The summed E-state index contributed by atoms with van der Waals surface area (Å²) in [7, 11) is 3.44. The van der Waals surface area contributed by atoms with Crippen LogP contribution < -0.4 is 11.1 Å². The van der Waals surface area contributed by atoms with Gasteiger partial charge in [0.25, 0.3) is 0 Å². The molecular weight excluding hydrogens is 204 g/mol. The minimum Gasteiger partial charge on any atom is -0.385 e. The van der Waals surface area contributed by atoms with Gasteiger partial charge < -0.3 is 20.5 Å². The number of ether oxygens (including phenoxy) is 2. The Hall–Kier alpha value is -0.160. The summed E-state index contributed by atoms with van der Waals surface area (Å²) in [6.07, 6.45) is 1.96. The van der Waals surface area contributed by atoms with E-state index in [1.165, 1.54) is 0 Å². The molecule has 3 N–H and O–H groups in total. The first-order chi connectivity index (χ1) is 7.52. The Bertz CT molecular complexity index is 163.